The number of nitrogens with one attached hydrogen (secondary N) is 1. The molecule has 1 heterocycles. The Morgan fingerprint density at radius 1 is 1.41 bits per heavy atom. The van der Waals surface area contributed by atoms with E-state index in [9.17, 15) is 19.2 Å². The van der Waals surface area contributed by atoms with Gasteiger partial charge in [0.05, 0.1) is 11.4 Å². The summed E-state index contributed by atoms with van der Waals surface area (Å²) in [6.07, 6.45) is 0.717. The number of hydrogen-bond acceptors (Lipinski definition) is 4. The van der Waals surface area contributed by atoms with Crippen LogP contribution in [-0.2, 0) is 19.9 Å². The Morgan fingerprint density at radius 3 is 2.50 bits per heavy atom. The number of hydrogen-bond donors (Lipinski definition) is 3. The summed E-state index contributed by atoms with van der Waals surface area (Å²) in [4.78, 5) is 46.0. The summed E-state index contributed by atoms with van der Waals surface area (Å²) in [6, 6.07) is 1.09. The van der Waals surface area contributed by atoms with Crippen molar-refractivity contribution in [1.29, 1.82) is 0 Å². The summed E-state index contributed by atoms with van der Waals surface area (Å²) in [5.74, 6) is -3.03. The minimum atomic E-state index is -1.47. The van der Waals surface area contributed by atoms with Gasteiger partial charge in [0.25, 0.3) is 5.56 Å². The first kappa shape index (κ1) is 17.7. The lowest BCUT2D eigenvalue weighted by molar-refractivity contribution is -0.144. The van der Waals surface area contributed by atoms with Crippen molar-refractivity contribution in [1.82, 2.24) is 9.88 Å². The molecule has 0 spiro atoms. The molecule has 0 fully saturated rings. The van der Waals surface area contributed by atoms with Crippen molar-refractivity contribution in [2.24, 2.45) is 5.73 Å². The summed E-state index contributed by atoms with van der Waals surface area (Å²) >= 11 is 5.81. The number of primary amides is 1. The molecular formula is C13H16ClN3O5. The van der Waals surface area contributed by atoms with E-state index in [0.717, 1.165) is 4.57 Å². The maximum atomic E-state index is 12.3. The number of nitrogens with zero attached hydrogens (tertiary/aromatic N) is 1. The molecule has 4 N–H and O–H groups in total. The second-order valence-corrected chi connectivity index (χ2v) is 5.59. The van der Waals surface area contributed by atoms with E-state index in [1.54, 1.807) is 0 Å². The highest BCUT2D eigenvalue weighted by Gasteiger charge is 2.34. The predicted octanol–water partition coefficient (Wildman–Crippen LogP) is -0.318. The second kappa shape index (κ2) is 6.61. The summed E-state index contributed by atoms with van der Waals surface area (Å²) in [5.41, 5.74) is 3.06. The number of carbonyl (C=O) groups is 3. The van der Waals surface area contributed by atoms with Gasteiger partial charge in [0, 0.05) is 12.3 Å². The van der Waals surface area contributed by atoms with E-state index < -0.39 is 41.3 Å². The number of carbonyl (C=O) groups excluding carboxylic acids is 2. The molecule has 1 unspecified atom stereocenters. The van der Waals surface area contributed by atoms with Gasteiger partial charge in [-0.2, -0.15) is 0 Å². The maximum absolute atomic E-state index is 12.3. The fourth-order valence-corrected chi connectivity index (χ4v) is 1.90. The third-order valence-electron chi connectivity index (χ3n) is 3.04. The lowest BCUT2D eigenvalue weighted by atomic mass is 10.0. The number of pyridine rings is 1. The summed E-state index contributed by atoms with van der Waals surface area (Å²) in [5, 5.41) is 11.4. The normalized spacial score (nSPS) is 12.5. The van der Waals surface area contributed by atoms with E-state index in [4.69, 9.17) is 22.4 Å². The van der Waals surface area contributed by atoms with Crippen LogP contribution in [-0.4, -0.2) is 33.5 Å². The van der Waals surface area contributed by atoms with Crippen molar-refractivity contribution < 1.29 is 19.5 Å². The highest BCUT2D eigenvalue weighted by Crippen LogP contribution is 2.16. The standard InChI is InChI=1S/C13H16ClN3O5/c1-13(2,17-6-7(14)3-4-10(17)19)12(22)16-8(11(20)21)5-9(15)18/h3-4,6,8H,5H2,1-2H3,(H2,15,18)(H,16,22)(H,20,21). The van der Waals surface area contributed by atoms with E-state index in [1.807, 2.05) is 0 Å². The minimum absolute atomic E-state index is 0.243. The highest BCUT2D eigenvalue weighted by atomic mass is 35.5. The van der Waals surface area contributed by atoms with Crippen LogP contribution in [0.1, 0.15) is 20.3 Å². The SMILES string of the molecule is CC(C)(C(=O)NC(CC(N)=O)C(=O)O)n1cc(Cl)ccc1=O. The van der Waals surface area contributed by atoms with Crippen LogP contribution in [0.3, 0.4) is 0 Å². The lowest BCUT2D eigenvalue weighted by Crippen LogP contribution is -2.53. The van der Waals surface area contributed by atoms with Crippen molar-refractivity contribution in [3.05, 3.63) is 33.7 Å². The Kier molecular flexibility index (Phi) is 5.32. The van der Waals surface area contributed by atoms with Gasteiger partial charge in [-0.15, -0.1) is 0 Å². The van der Waals surface area contributed by atoms with Gasteiger partial charge in [-0.25, -0.2) is 4.79 Å². The molecule has 22 heavy (non-hydrogen) atoms. The molecule has 0 radical (unpaired) electrons. The first-order valence-electron chi connectivity index (χ1n) is 6.26. The first-order valence-corrected chi connectivity index (χ1v) is 6.64. The molecular weight excluding hydrogens is 314 g/mol. The van der Waals surface area contributed by atoms with Crippen LogP contribution in [0.25, 0.3) is 0 Å². The third-order valence-corrected chi connectivity index (χ3v) is 3.27. The zero-order valence-corrected chi connectivity index (χ0v) is 12.8. The van der Waals surface area contributed by atoms with Crippen molar-refractivity contribution >= 4 is 29.4 Å². The molecule has 0 bridgehead atoms. The molecule has 0 aromatic carbocycles. The van der Waals surface area contributed by atoms with Gasteiger partial charge < -0.3 is 16.2 Å². The molecule has 9 heteroatoms. The molecule has 1 aromatic rings. The zero-order valence-electron chi connectivity index (χ0n) is 12.0. The van der Waals surface area contributed by atoms with Gasteiger partial charge in [-0.1, -0.05) is 11.6 Å². The Hall–Kier alpha value is -2.35. The minimum Gasteiger partial charge on any atom is -0.480 e. The van der Waals surface area contributed by atoms with E-state index in [2.05, 4.69) is 5.32 Å². The number of nitrogens with two attached hydrogens (primary N) is 1. The van der Waals surface area contributed by atoms with E-state index in [-0.39, 0.29) is 5.02 Å². The molecule has 1 atom stereocenters. The molecule has 0 saturated carbocycles. The largest absolute Gasteiger partial charge is 0.480 e. The number of aromatic nitrogens is 1. The van der Waals surface area contributed by atoms with Crippen LogP contribution in [0.2, 0.25) is 5.02 Å². The van der Waals surface area contributed by atoms with Crippen LogP contribution < -0.4 is 16.6 Å². The van der Waals surface area contributed by atoms with E-state index in [0.29, 0.717) is 0 Å². The second-order valence-electron chi connectivity index (χ2n) is 5.15. The van der Waals surface area contributed by atoms with Crippen LogP contribution >= 0.6 is 11.6 Å². The maximum Gasteiger partial charge on any atom is 0.326 e. The van der Waals surface area contributed by atoms with Crippen LogP contribution in [0.4, 0.5) is 0 Å². The monoisotopic (exact) mass is 329 g/mol. The molecule has 0 saturated heterocycles. The molecule has 1 rings (SSSR count). The van der Waals surface area contributed by atoms with Crippen LogP contribution in [0.5, 0.6) is 0 Å². The Labute approximate surface area is 130 Å². The molecule has 0 aliphatic rings. The molecule has 120 valence electrons. The Bertz CT molecular complexity index is 668. The number of carboxylic acids is 1. The fraction of sp³-hybridized carbons (Fsp3) is 0.385. The lowest BCUT2D eigenvalue weighted by Gasteiger charge is -2.28. The average Bonchev–Trinajstić information content (AvgIpc) is 2.39. The van der Waals surface area contributed by atoms with Crippen molar-refractivity contribution in [2.45, 2.75) is 31.8 Å². The van der Waals surface area contributed by atoms with Gasteiger partial charge in [0.15, 0.2) is 0 Å². The van der Waals surface area contributed by atoms with Gasteiger partial charge in [-0.05, 0) is 19.9 Å². The van der Waals surface area contributed by atoms with Crippen LogP contribution in [0, 0.1) is 0 Å². The average molecular weight is 330 g/mol. The predicted molar refractivity (Wildman–Crippen MR) is 78.4 cm³/mol. The Morgan fingerprint density at radius 2 is 2.00 bits per heavy atom. The van der Waals surface area contributed by atoms with Crippen molar-refractivity contribution in [2.75, 3.05) is 0 Å². The summed E-state index contributed by atoms with van der Waals surface area (Å²) in [7, 11) is 0. The van der Waals surface area contributed by atoms with Gasteiger partial charge in [0.2, 0.25) is 11.8 Å². The molecule has 1 aromatic heterocycles. The number of carboxylic acid groups (broad SMARTS) is 1. The molecule has 0 aliphatic carbocycles. The number of amides is 2. The fourth-order valence-electron chi connectivity index (χ4n) is 1.74. The summed E-state index contributed by atoms with van der Waals surface area (Å²) < 4.78 is 1.08. The topological polar surface area (TPSA) is 131 Å². The zero-order chi connectivity index (χ0) is 17.1. The molecule has 0 aliphatic heterocycles. The number of rotatable bonds is 6. The molecule has 2 amide bonds. The first-order chi connectivity index (χ1) is 10.1. The van der Waals surface area contributed by atoms with E-state index >= 15 is 0 Å². The summed E-state index contributed by atoms with van der Waals surface area (Å²) in [6.45, 7) is 2.84. The highest BCUT2D eigenvalue weighted by molar-refractivity contribution is 6.30. The van der Waals surface area contributed by atoms with Gasteiger partial charge in [0.1, 0.15) is 11.6 Å². The third kappa shape index (κ3) is 4.08. The number of halogens is 1. The van der Waals surface area contributed by atoms with Gasteiger partial charge >= 0.3 is 5.97 Å². The van der Waals surface area contributed by atoms with Gasteiger partial charge in [-0.3, -0.25) is 19.0 Å². The van der Waals surface area contributed by atoms with Crippen molar-refractivity contribution in [3.63, 3.8) is 0 Å². The van der Waals surface area contributed by atoms with Crippen LogP contribution in [0.15, 0.2) is 23.1 Å². The van der Waals surface area contributed by atoms with Crippen molar-refractivity contribution in [3.8, 4) is 0 Å². The van der Waals surface area contributed by atoms with E-state index in [1.165, 1.54) is 32.2 Å². The smallest absolute Gasteiger partial charge is 0.326 e. The quantitative estimate of drug-likeness (QED) is 0.658. The molecule has 8 nitrogen and oxygen atoms in total. The Balaban J connectivity index is 3.08. The number of aliphatic carboxylic acids is 1.